The van der Waals surface area contributed by atoms with Crippen LogP contribution in [0.2, 0.25) is 0 Å². The molecule has 1 aliphatic heterocycles. The van der Waals surface area contributed by atoms with Crippen molar-refractivity contribution >= 4 is 11.4 Å². The number of hydrogen-bond donors (Lipinski definition) is 1. The summed E-state index contributed by atoms with van der Waals surface area (Å²) in [6.45, 7) is 5.60. The van der Waals surface area contributed by atoms with Crippen molar-refractivity contribution in [3.8, 4) is 0 Å². The van der Waals surface area contributed by atoms with E-state index in [1.807, 2.05) is 12.1 Å². The molecule has 0 saturated carbocycles. The lowest BCUT2D eigenvalue weighted by atomic mass is 10.1. The van der Waals surface area contributed by atoms with Crippen molar-refractivity contribution < 1.29 is 0 Å². The van der Waals surface area contributed by atoms with Crippen molar-refractivity contribution in [2.75, 3.05) is 37.3 Å². The van der Waals surface area contributed by atoms with Crippen LogP contribution in [0.15, 0.2) is 24.3 Å². The standard InChI is InChI=1S/C12H19N3/c1-10-9-15(8-7-14(10)2)12-5-3-11(13)4-6-12/h3-6,10H,7-9,13H2,1-2H3/t10-/m1/s1. The molecule has 0 unspecified atom stereocenters. The Morgan fingerprint density at radius 1 is 1.20 bits per heavy atom. The smallest absolute Gasteiger partial charge is 0.0368 e. The maximum absolute atomic E-state index is 5.68. The third-order valence-corrected chi connectivity index (χ3v) is 3.22. The van der Waals surface area contributed by atoms with E-state index in [9.17, 15) is 0 Å². The summed E-state index contributed by atoms with van der Waals surface area (Å²) in [7, 11) is 2.19. The van der Waals surface area contributed by atoms with Crippen LogP contribution in [0.1, 0.15) is 6.92 Å². The predicted octanol–water partition coefficient (Wildman–Crippen LogP) is 1.41. The molecule has 0 amide bonds. The molecule has 1 aromatic carbocycles. The molecule has 1 fully saturated rings. The van der Waals surface area contributed by atoms with Gasteiger partial charge in [0.1, 0.15) is 0 Å². The van der Waals surface area contributed by atoms with Gasteiger partial charge in [-0.3, -0.25) is 0 Å². The molecule has 1 atom stereocenters. The van der Waals surface area contributed by atoms with Crippen LogP contribution in [0.4, 0.5) is 11.4 Å². The van der Waals surface area contributed by atoms with E-state index in [1.165, 1.54) is 5.69 Å². The number of hydrogen-bond acceptors (Lipinski definition) is 3. The largest absolute Gasteiger partial charge is 0.399 e. The Balaban J connectivity index is 2.08. The molecular weight excluding hydrogens is 186 g/mol. The number of nitrogens with zero attached hydrogens (tertiary/aromatic N) is 2. The van der Waals surface area contributed by atoms with Crippen LogP contribution in [0.25, 0.3) is 0 Å². The monoisotopic (exact) mass is 205 g/mol. The second-order valence-corrected chi connectivity index (χ2v) is 4.37. The van der Waals surface area contributed by atoms with Gasteiger partial charge >= 0.3 is 0 Å². The predicted molar refractivity (Wildman–Crippen MR) is 65.2 cm³/mol. The fraction of sp³-hybridized carbons (Fsp3) is 0.500. The summed E-state index contributed by atoms with van der Waals surface area (Å²) in [4.78, 5) is 4.82. The molecule has 1 saturated heterocycles. The zero-order valence-corrected chi connectivity index (χ0v) is 9.48. The van der Waals surface area contributed by atoms with Crippen LogP contribution in [0.3, 0.4) is 0 Å². The molecular formula is C12H19N3. The van der Waals surface area contributed by atoms with Gasteiger partial charge in [-0.15, -0.1) is 0 Å². The van der Waals surface area contributed by atoms with Crippen molar-refractivity contribution in [1.82, 2.24) is 4.90 Å². The Morgan fingerprint density at radius 2 is 1.87 bits per heavy atom. The van der Waals surface area contributed by atoms with Gasteiger partial charge in [0.15, 0.2) is 0 Å². The SMILES string of the molecule is C[C@@H]1CN(c2ccc(N)cc2)CCN1C. The summed E-state index contributed by atoms with van der Waals surface area (Å²) < 4.78 is 0. The fourth-order valence-corrected chi connectivity index (χ4v) is 1.97. The van der Waals surface area contributed by atoms with E-state index >= 15 is 0 Å². The van der Waals surface area contributed by atoms with Crippen LogP contribution in [-0.4, -0.2) is 37.6 Å². The number of rotatable bonds is 1. The molecule has 1 aliphatic rings. The maximum Gasteiger partial charge on any atom is 0.0368 e. The molecule has 0 aromatic heterocycles. The summed E-state index contributed by atoms with van der Waals surface area (Å²) in [5.74, 6) is 0. The lowest BCUT2D eigenvalue weighted by Gasteiger charge is -2.39. The van der Waals surface area contributed by atoms with Gasteiger partial charge in [0, 0.05) is 37.1 Å². The first kappa shape index (κ1) is 10.3. The Hall–Kier alpha value is -1.22. The molecule has 0 aliphatic carbocycles. The van der Waals surface area contributed by atoms with Gasteiger partial charge in [-0.05, 0) is 38.2 Å². The molecule has 0 spiro atoms. The third kappa shape index (κ3) is 2.23. The normalized spacial score (nSPS) is 23.1. The highest BCUT2D eigenvalue weighted by molar-refractivity contribution is 5.53. The van der Waals surface area contributed by atoms with Gasteiger partial charge in [-0.2, -0.15) is 0 Å². The van der Waals surface area contributed by atoms with E-state index in [2.05, 4.69) is 35.9 Å². The first-order valence-electron chi connectivity index (χ1n) is 5.47. The van der Waals surface area contributed by atoms with Crippen LogP contribution in [-0.2, 0) is 0 Å². The zero-order valence-electron chi connectivity index (χ0n) is 9.48. The number of nitrogen functional groups attached to an aromatic ring is 1. The highest BCUT2D eigenvalue weighted by Gasteiger charge is 2.20. The van der Waals surface area contributed by atoms with Gasteiger partial charge in [0.05, 0.1) is 0 Å². The van der Waals surface area contributed by atoms with Gasteiger partial charge in [0.25, 0.3) is 0 Å². The van der Waals surface area contributed by atoms with Crippen molar-refractivity contribution in [3.05, 3.63) is 24.3 Å². The minimum absolute atomic E-state index is 0.622. The second-order valence-electron chi connectivity index (χ2n) is 4.37. The summed E-state index contributed by atoms with van der Waals surface area (Å²) in [5.41, 5.74) is 7.79. The van der Waals surface area contributed by atoms with Gasteiger partial charge in [-0.1, -0.05) is 0 Å². The lowest BCUT2D eigenvalue weighted by Crippen LogP contribution is -2.50. The number of anilines is 2. The van der Waals surface area contributed by atoms with E-state index in [1.54, 1.807) is 0 Å². The quantitative estimate of drug-likeness (QED) is 0.704. The molecule has 3 nitrogen and oxygen atoms in total. The minimum atomic E-state index is 0.622. The fourth-order valence-electron chi connectivity index (χ4n) is 1.97. The van der Waals surface area contributed by atoms with Crippen molar-refractivity contribution in [3.63, 3.8) is 0 Å². The number of nitrogens with two attached hydrogens (primary N) is 1. The van der Waals surface area contributed by atoms with Crippen LogP contribution >= 0.6 is 0 Å². The van der Waals surface area contributed by atoms with E-state index in [0.717, 1.165) is 25.3 Å². The van der Waals surface area contributed by atoms with E-state index in [4.69, 9.17) is 5.73 Å². The van der Waals surface area contributed by atoms with Gasteiger partial charge < -0.3 is 15.5 Å². The minimum Gasteiger partial charge on any atom is -0.399 e. The molecule has 15 heavy (non-hydrogen) atoms. The molecule has 1 heterocycles. The first-order valence-corrected chi connectivity index (χ1v) is 5.47. The van der Waals surface area contributed by atoms with Crippen LogP contribution in [0.5, 0.6) is 0 Å². The van der Waals surface area contributed by atoms with Gasteiger partial charge in [-0.25, -0.2) is 0 Å². The third-order valence-electron chi connectivity index (χ3n) is 3.22. The van der Waals surface area contributed by atoms with E-state index in [0.29, 0.717) is 6.04 Å². The average molecular weight is 205 g/mol. The highest BCUT2D eigenvalue weighted by atomic mass is 15.3. The van der Waals surface area contributed by atoms with Crippen molar-refractivity contribution in [2.45, 2.75) is 13.0 Å². The molecule has 3 heteroatoms. The average Bonchev–Trinajstić information content (AvgIpc) is 2.23. The number of piperazine rings is 1. The Labute approximate surface area is 91.5 Å². The van der Waals surface area contributed by atoms with Crippen LogP contribution in [0, 0.1) is 0 Å². The molecule has 82 valence electrons. The number of likely N-dealkylation sites (N-methyl/N-ethyl adjacent to an activating group) is 1. The lowest BCUT2D eigenvalue weighted by molar-refractivity contribution is 0.234. The van der Waals surface area contributed by atoms with Gasteiger partial charge in [0.2, 0.25) is 0 Å². The summed E-state index contributed by atoms with van der Waals surface area (Å²) in [6, 6.07) is 8.77. The first-order chi connectivity index (χ1) is 7.16. The molecule has 2 N–H and O–H groups in total. The van der Waals surface area contributed by atoms with Crippen molar-refractivity contribution in [2.24, 2.45) is 0 Å². The summed E-state index contributed by atoms with van der Waals surface area (Å²) in [6.07, 6.45) is 0. The molecule has 2 rings (SSSR count). The Kier molecular flexibility index (Phi) is 2.82. The zero-order chi connectivity index (χ0) is 10.8. The Morgan fingerprint density at radius 3 is 2.47 bits per heavy atom. The number of benzene rings is 1. The van der Waals surface area contributed by atoms with Crippen molar-refractivity contribution in [1.29, 1.82) is 0 Å². The second kappa shape index (κ2) is 4.11. The topological polar surface area (TPSA) is 32.5 Å². The molecule has 0 bridgehead atoms. The highest BCUT2D eigenvalue weighted by Crippen LogP contribution is 2.19. The summed E-state index contributed by atoms with van der Waals surface area (Å²) in [5, 5.41) is 0. The summed E-state index contributed by atoms with van der Waals surface area (Å²) >= 11 is 0. The maximum atomic E-state index is 5.68. The molecule has 1 aromatic rings. The van der Waals surface area contributed by atoms with E-state index in [-0.39, 0.29) is 0 Å². The van der Waals surface area contributed by atoms with E-state index < -0.39 is 0 Å². The Bertz CT molecular complexity index is 320. The molecule has 0 radical (unpaired) electrons. The van der Waals surface area contributed by atoms with Crippen LogP contribution < -0.4 is 10.6 Å².